The van der Waals surface area contributed by atoms with Crippen LogP contribution in [0.15, 0.2) is 5.16 Å². The Morgan fingerprint density at radius 2 is 2.05 bits per heavy atom. The molecule has 0 aromatic rings. The van der Waals surface area contributed by atoms with Crippen LogP contribution in [0.1, 0.15) is 19.8 Å². The van der Waals surface area contributed by atoms with E-state index in [2.05, 4.69) is 15.8 Å². The van der Waals surface area contributed by atoms with Crippen LogP contribution < -0.4 is 16.4 Å². The zero-order chi connectivity index (χ0) is 14.7. The van der Waals surface area contributed by atoms with Crippen molar-refractivity contribution < 1.29 is 19.5 Å². The maximum absolute atomic E-state index is 11.7. The lowest BCUT2D eigenvalue weighted by Crippen LogP contribution is -2.40. The summed E-state index contributed by atoms with van der Waals surface area (Å²) in [6.45, 7) is 2.83. The van der Waals surface area contributed by atoms with Crippen LogP contribution >= 0.6 is 0 Å². The van der Waals surface area contributed by atoms with Crippen molar-refractivity contribution in [2.24, 2.45) is 16.8 Å². The predicted octanol–water partition coefficient (Wildman–Crippen LogP) is -0.972. The van der Waals surface area contributed by atoms with Crippen molar-refractivity contribution in [1.82, 2.24) is 10.6 Å². The van der Waals surface area contributed by atoms with Crippen molar-refractivity contribution in [2.45, 2.75) is 19.8 Å². The first-order chi connectivity index (χ1) is 9.06. The highest BCUT2D eigenvalue weighted by Gasteiger charge is 2.20. The van der Waals surface area contributed by atoms with Gasteiger partial charge in [0.2, 0.25) is 11.8 Å². The van der Waals surface area contributed by atoms with Crippen LogP contribution in [0.25, 0.3) is 0 Å². The molecule has 19 heavy (non-hydrogen) atoms. The molecule has 0 saturated heterocycles. The predicted molar refractivity (Wildman–Crippen MR) is 69.7 cm³/mol. The molecule has 2 amide bonds. The van der Waals surface area contributed by atoms with E-state index in [-0.39, 0.29) is 30.6 Å². The van der Waals surface area contributed by atoms with E-state index in [1.165, 1.54) is 0 Å². The number of ether oxygens (including phenoxy) is 1. The molecule has 0 aliphatic rings. The molecule has 0 saturated carbocycles. The summed E-state index contributed by atoms with van der Waals surface area (Å²) < 4.78 is 4.78. The number of nitrogens with two attached hydrogens (primary N) is 1. The first-order valence-electron chi connectivity index (χ1n) is 6.07. The van der Waals surface area contributed by atoms with Crippen molar-refractivity contribution in [3.63, 3.8) is 0 Å². The Morgan fingerprint density at radius 3 is 2.58 bits per heavy atom. The number of amidine groups is 1. The number of hydrogen-bond donors (Lipinski definition) is 4. The molecule has 0 aliphatic carbocycles. The average Bonchev–Trinajstić information content (AvgIpc) is 2.39. The van der Waals surface area contributed by atoms with E-state index in [0.717, 1.165) is 0 Å². The minimum absolute atomic E-state index is 0.135. The van der Waals surface area contributed by atoms with Gasteiger partial charge in [0.1, 0.15) is 0 Å². The Kier molecular flexibility index (Phi) is 9.15. The first-order valence-corrected chi connectivity index (χ1v) is 6.07. The summed E-state index contributed by atoms with van der Waals surface area (Å²) in [4.78, 5) is 23.0. The normalized spacial score (nSPS) is 12.8. The Balaban J connectivity index is 3.93. The van der Waals surface area contributed by atoms with Crippen LogP contribution in [0.5, 0.6) is 0 Å². The number of methoxy groups -OCH3 is 1. The number of hydrogen-bond acceptors (Lipinski definition) is 5. The molecule has 0 aromatic heterocycles. The van der Waals surface area contributed by atoms with E-state index in [1.54, 1.807) is 14.0 Å². The fourth-order valence-corrected chi connectivity index (χ4v) is 1.40. The summed E-state index contributed by atoms with van der Waals surface area (Å²) in [6.07, 6.45) is 0.587. The van der Waals surface area contributed by atoms with Crippen LogP contribution in [0.3, 0.4) is 0 Å². The molecule has 1 atom stereocenters. The van der Waals surface area contributed by atoms with Crippen molar-refractivity contribution in [3.05, 3.63) is 0 Å². The highest BCUT2D eigenvalue weighted by Crippen LogP contribution is 2.02. The summed E-state index contributed by atoms with van der Waals surface area (Å²) in [6, 6.07) is 0. The van der Waals surface area contributed by atoms with Crippen molar-refractivity contribution in [2.75, 3.05) is 26.8 Å². The number of nitrogens with one attached hydrogen (secondary N) is 2. The van der Waals surface area contributed by atoms with Gasteiger partial charge in [-0.2, -0.15) is 0 Å². The van der Waals surface area contributed by atoms with Crippen LogP contribution in [-0.2, 0) is 14.3 Å². The molecular weight excluding hydrogens is 252 g/mol. The fourth-order valence-electron chi connectivity index (χ4n) is 1.40. The third kappa shape index (κ3) is 7.24. The second-order valence-electron chi connectivity index (χ2n) is 3.87. The second-order valence-corrected chi connectivity index (χ2v) is 3.87. The molecule has 8 heteroatoms. The third-order valence-corrected chi connectivity index (χ3v) is 2.48. The molecule has 0 aromatic carbocycles. The van der Waals surface area contributed by atoms with E-state index < -0.39 is 5.92 Å². The van der Waals surface area contributed by atoms with Gasteiger partial charge in [-0.1, -0.05) is 12.1 Å². The highest BCUT2D eigenvalue weighted by molar-refractivity contribution is 6.02. The molecular formula is C11H22N4O4. The minimum Gasteiger partial charge on any atom is -0.409 e. The van der Waals surface area contributed by atoms with Gasteiger partial charge in [-0.05, 0) is 6.42 Å². The summed E-state index contributed by atoms with van der Waals surface area (Å²) in [5.74, 6) is -1.34. The summed E-state index contributed by atoms with van der Waals surface area (Å²) in [7, 11) is 1.55. The number of carbonyl (C=O) groups excluding carboxylic acids is 2. The first kappa shape index (κ1) is 17.2. The Hall–Kier alpha value is -1.83. The molecule has 1 unspecified atom stereocenters. The number of carbonyl (C=O) groups is 2. The largest absolute Gasteiger partial charge is 0.409 e. The standard InChI is InChI=1S/C11H22N4O4/c1-3-8(10(12)15-18)11(17)14-5-4-9(16)13-6-7-19-2/h8,18H,3-7H2,1-2H3,(H2,12,15)(H,13,16)(H,14,17). The lowest BCUT2D eigenvalue weighted by Gasteiger charge is -2.13. The van der Waals surface area contributed by atoms with Gasteiger partial charge in [0.05, 0.1) is 12.5 Å². The molecule has 0 radical (unpaired) electrons. The van der Waals surface area contributed by atoms with Gasteiger partial charge in [0, 0.05) is 26.6 Å². The minimum atomic E-state index is -0.679. The van der Waals surface area contributed by atoms with Gasteiger partial charge < -0.3 is 26.3 Å². The van der Waals surface area contributed by atoms with Crippen molar-refractivity contribution in [3.8, 4) is 0 Å². The van der Waals surface area contributed by atoms with Gasteiger partial charge in [0.25, 0.3) is 0 Å². The second kappa shape index (κ2) is 10.1. The summed E-state index contributed by atoms with van der Waals surface area (Å²) in [5.41, 5.74) is 5.39. The summed E-state index contributed by atoms with van der Waals surface area (Å²) >= 11 is 0. The summed E-state index contributed by atoms with van der Waals surface area (Å²) in [5, 5.41) is 16.5. The molecule has 5 N–H and O–H groups in total. The highest BCUT2D eigenvalue weighted by atomic mass is 16.5. The Bertz CT molecular complexity index is 320. The van der Waals surface area contributed by atoms with Gasteiger partial charge in [0.15, 0.2) is 5.84 Å². The molecule has 0 aliphatic heterocycles. The van der Waals surface area contributed by atoms with Crippen LogP contribution in [-0.4, -0.2) is 49.7 Å². The van der Waals surface area contributed by atoms with Gasteiger partial charge >= 0.3 is 0 Å². The monoisotopic (exact) mass is 274 g/mol. The van der Waals surface area contributed by atoms with E-state index >= 15 is 0 Å². The van der Waals surface area contributed by atoms with Crippen LogP contribution in [0, 0.1) is 5.92 Å². The van der Waals surface area contributed by atoms with Gasteiger partial charge in [-0.3, -0.25) is 9.59 Å². The molecule has 0 spiro atoms. The zero-order valence-electron chi connectivity index (χ0n) is 11.3. The Morgan fingerprint density at radius 1 is 1.37 bits per heavy atom. The zero-order valence-corrected chi connectivity index (χ0v) is 11.3. The van der Waals surface area contributed by atoms with Crippen LogP contribution in [0.2, 0.25) is 0 Å². The Labute approximate surface area is 112 Å². The van der Waals surface area contributed by atoms with Crippen molar-refractivity contribution in [1.29, 1.82) is 0 Å². The van der Waals surface area contributed by atoms with E-state index in [4.69, 9.17) is 15.7 Å². The number of amides is 2. The number of oxime groups is 1. The SMILES string of the molecule is CCC(C(=O)NCCC(=O)NCCOC)C(N)=NO. The van der Waals surface area contributed by atoms with E-state index in [1.807, 2.05) is 0 Å². The third-order valence-electron chi connectivity index (χ3n) is 2.48. The molecule has 8 nitrogen and oxygen atoms in total. The average molecular weight is 274 g/mol. The quantitative estimate of drug-likeness (QED) is 0.141. The lowest BCUT2D eigenvalue weighted by molar-refractivity contribution is -0.123. The maximum Gasteiger partial charge on any atom is 0.230 e. The number of rotatable bonds is 9. The fraction of sp³-hybridized carbons (Fsp3) is 0.727. The molecule has 0 rings (SSSR count). The van der Waals surface area contributed by atoms with Crippen LogP contribution in [0.4, 0.5) is 0 Å². The maximum atomic E-state index is 11.7. The smallest absolute Gasteiger partial charge is 0.230 e. The van der Waals surface area contributed by atoms with Gasteiger partial charge in [-0.15, -0.1) is 0 Å². The van der Waals surface area contributed by atoms with Crippen molar-refractivity contribution >= 4 is 17.6 Å². The molecule has 0 bridgehead atoms. The molecule has 0 heterocycles. The number of nitrogens with zero attached hydrogens (tertiary/aromatic N) is 1. The lowest BCUT2D eigenvalue weighted by atomic mass is 10.0. The van der Waals surface area contributed by atoms with Gasteiger partial charge in [-0.25, -0.2) is 0 Å². The molecule has 0 fully saturated rings. The topological polar surface area (TPSA) is 126 Å². The van der Waals surface area contributed by atoms with E-state index in [0.29, 0.717) is 19.6 Å². The molecule has 110 valence electrons. The van der Waals surface area contributed by atoms with E-state index in [9.17, 15) is 9.59 Å².